The Morgan fingerprint density at radius 2 is 1.96 bits per heavy atom. The van der Waals surface area contributed by atoms with Crippen LogP contribution in [0.25, 0.3) is 5.69 Å². The van der Waals surface area contributed by atoms with Crippen LogP contribution in [0.4, 0.5) is 24.7 Å². The normalized spacial score (nSPS) is 11.5. The van der Waals surface area contributed by atoms with Gasteiger partial charge in [0.05, 0.1) is 31.6 Å². The molecule has 2 heterocycles. The first-order valence-electron chi connectivity index (χ1n) is 7.86. The second-order valence-electron chi connectivity index (χ2n) is 5.89. The quantitative estimate of drug-likeness (QED) is 0.497. The third-order valence-corrected chi connectivity index (χ3v) is 4.84. The van der Waals surface area contributed by atoms with Crippen LogP contribution in [0.1, 0.15) is 25.8 Å². The van der Waals surface area contributed by atoms with E-state index in [1.54, 1.807) is 6.92 Å². The SMILES string of the molecule is Cc1cc(NC(=O)c2cc([N+](=O)[O-])c(C)s2)n(-c2cccc(C(F)(F)F)c2)n1. The summed E-state index contributed by atoms with van der Waals surface area (Å²) in [7, 11) is 0. The molecule has 3 rings (SSSR count). The van der Waals surface area contributed by atoms with Gasteiger partial charge in [-0.15, -0.1) is 11.3 Å². The first-order chi connectivity index (χ1) is 13.1. The molecule has 146 valence electrons. The van der Waals surface area contributed by atoms with Crippen molar-refractivity contribution in [3.63, 3.8) is 0 Å². The maximum atomic E-state index is 13.0. The first-order valence-corrected chi connectivity index (χ1v) is 8.68. The minimum absolute atomic E-state index is 0.110. The Bertz CT molecular complexity index is 1070. The molecule has 1 N–H and O–H groups in total. The smallest absolute Gasteiger partial charge is 0.306 e. The number of nitrogens with zero attached hydrogens (tertiary/aromatic N) is 3. The Balaban J connectivity index is 1.94. The van der Waals surface area contributed by atoms with Gasteiger partial charge in [0.2, 0.25) is 0 Å². The molecule has 11 heteroatoms. The Morgan fingerprint density at radius 3 is 2.57 bits per heavy atom. The summed E-state index contributed by atoms with van der Waals surface area (Å²) in [4.78, 5) is 23.3. The molecule has 2 aromatic heterocycles. The third kappa shape index (κ3) is 3.88. The molecular formula is C17H13F3N4O3S. The predicted octanol–water partition coefficient (Wildman–Crippen LogP) is 4.73. The molecule has 1 amide bonds. The topological polar surface area (TPSA) is 90.1 Å². The van der Waals surface area contributed by atoms with Crippen molar-refractivity contribution >= 4 is 28.7 Å². The van der Waals surface area contributed by atoms with Gasteiger partial charge in [-0.2, -0.15) is 18.3 Å². The van der Waals surface area contributed by atoms with Gasteiger partial charge in [0, 0.05) is 12.1 Å². The van der Waals surface area contributed by atoms with Crippen molar-refractivity contribution in [1.82, 2.24) is 9.78 Å². The third-order valence-electron chi connectivity index (χ3n) is 3.80. The number of aryl methyl sites for hydroxylation is 2. The summed E-state index contributed by atoms with van der Waals surface area (Å²) in [6.07, 6.45) is -4.52. The lowest BCUT2D eigenvalue weighted by Crippen LogP contribution is -2.14. The van der Waals surface area contributed by atoms with E-state index in [1.807, 2.05) is 0 Å². The van der Waals surface area contributed by atoms with Crippen LogP contribution in [-0.2, 0) is 6.18 Å². The van der Waals surface area contributed by atoms with Gasteiger partial charge in [-0.25, -0.2) is 4.68 Å². The number of nitrogens with one attached hydrogen (secondary N) is 1. The highest BCUT2D eigenvalue weighted by atomic mass is 32.1. The zero-order valence-corrected chi connectivity index (χ0v) is 15.4. The van der Waals surface area contributed by atoms with Gasteiger partial charge in [-0.1, -0.05) is 6.07 Å². The Morgan fingerprint density at radius 1 is 1.25 bits per heavy atom. The van der Waals surface area contributed by atoms with Crippen LogP contribution >= 0.6 is 11.3 Å². The fourth-order valence-electron chi connectivity index (χ4n) is 2.54. The molecule has 0 aliphatic heterocycles. The average Bonchev–Trinajstić information content (AvgIpc) is 3.17. The molecule has 0 radical (unpaired) electrons. The number of carbonyl (C=O) groups excluding carboxylic acids is 1. The number of carbonyl (C=O) groups is 1. The molecule has 0 fully saturated rings. The minimum Gasteiger partial charge on any atom is -0.306 e. The molecule has 0 unspecified atom stereocenters. The summed E-state index contributed by atoms with van der Waals surface area (Å²) in [5.74, 6) is -0.468. The fraction of sp³-hybridized carbons (Fsp3) is 0.176. The van der Waals surface area contributed by atoms with Crippen LogP contribution in [0.3, 0.4) is 0 Å². The number of rotatable bonds is 4. The number of anilines is 1. The molecule has 0 aliphatic rings. The van der Waals surface area contributed by atoms with E-state index >= 15 is 0 Å². The maximum Gasteiger partial charge on any atom is 0.416 e. The first kappa shape index (κ1) is 19.5. The number of amides is 1. The van der Waals surface area contributed by atoms with Gasteiger partial charge in [0.15, 0.2) is 0 Å². The van der Waals surface area contributed by atoms with Crippen molar-refractivity contribution in [2.24, 2.45) is 0 Å². The number of aromatic nitrogens is 2. The Kier molecular flexibility index (Phi) is 4.94. The second-order valence-corrected chi connectivity index (χ2v) is 7.15. The molecule has 0 aliphatic carbocycles. The maximum absolute atomic E-state index is 13.0. The number of thiophene rings is 1. The zero-order chi connectivity index (χ0) is 20.6. The lowest BCUT2D eigenvalue weighted by molar-refractivity contribution is -0.385. The van der Waals surface area contributed by atoms with Crippen LogP contribution < -0.4 is 5.32 Å². The molecule has 0 saturated carbocycles. The van der Waals surface area contributed by atoms with Crippen molar-refractivity contribution in [3.8, 4) is 5.69 Å². The van der Waals surface area contributed by atoms with Crippen LogP contribution in [0, 0.1) is 24.0 Å². The van der Waals surface area contributed by atoms with Crippen LogP contribution in [0.2, 0.25) is 0 Å². The molecule has 0 atom stereocenters. The molecule has 3 aromatic rings. The molecular weight excluding hydrogens is 397 g/mol. The van der Waals surface area contributed by atoms with Gasteiger partial charge >= 0.3 is 6.18 Å². The van der Waals surface area contributed by atoms with Crippen molar-refractivity contribution in [1.29, 1.82) is 0 Å². The molecule has 0 spiro atoms. The van der Waals surface area contributed by atoms with E-state index in [4.69, 9.17) is 0 Å². The highest BCUT2D eigenvalue weighted by Crippen LogP contribution is 2.32. The largest absolute Gasteiger partial charge is 0.416 e. The number of hydrogen-bond donors (Lipinski definition) is 1. The Hall–Kier alpha value is -3.21. The monoisotopic (exact) mass is 410 g/mol. The van der Waals surface area contributed by atoms with Crippen molar-refractivity contribution in [2.45, 2.75) is 20.0 Å². The number of nitro groups is 1. The van der Waals surface area contributed by atoms with Crippen molar-refractivity contribution < 1.29 is 22.9 Å². The molecule has 28 heavy (non-hydrogen) atoms. The average molecular weight is 410 g/mol. The van der Waals surface area contributed by atoms with E-state index in [0.29, 0.717) is 10.6 Å². The van der Waals surface area contributed by atoms with E-state index in [-0.39, 0.29) is 22.1 Å². The number of halogens is 3. The molecule has 1 aromatic carbocycles. The van der Waals surface area contributed by atoms with Crippen LogP contribution in [-0.4, -0.2) is 20.6 Å². The van der Waals surface area contributed by atoms with Gasteiger partial charge < -0.3 is 5.32 Å². The summed E-state index contributed by atoms with van der Waals surface area (Å²) >= 11 is 0.952. The zero-order valence-electron chi connectivity index (χ0n) is 14.6. The number of alkyl halides is 3. The summed E-state index contributed by atoms with van der Waals surface area (Å²) in [6, 6.07) is 7.18. The van der Waals surface area contributed by atoms with Gasteiger partial charge in [0.25, 0.3) is 11.6 Å². The van der Waals surface area contributed by atoms with Crippen LogP contribution in [0.15, 0.2) is 36.4 Å². The summed E-state index contributed by atoms with van der Waals surface area (Å²) in [5.41, 5.74) is -0.426. The summed E-state index contributed by atoms with van der Waals surface area (Å²) in [5, 5.41) is 17.6. The van der Waals surface area contributed by atoms with Crippen molar-refractivity contribution in [3.05, 3.63) is 67.5 Å². The molecule has 0 saturated heterocycles. The Labute approximate surface area is 160 Å². The van der Waals surface area contributed by atoms with Crippen LogP contribution in [0.5, 0.6) is 0 Å². The fourth-order valence-corrected chi connectivity index (χ4v) is 3.43. The number of benzene rings is 1. The molecule has 0 bridgehead atoms. The van der Waals surface area contributed by atoms with E-state index < -0.39 is 22.6 Å². The van der Waals surface area contributed by atoms with Gasteiger partial charge in [-0.3, -0.25) is 14.9 Å². The van der Waals surface area contributed by atoms with Gasteiger partial charge in [-0.05, 0) is 32.0 Å². The lowest BCUT2D eigenvalue weighted by atomic mass is 10.2. The van der Waals surface area contributed by atoms with Crippen molar-refractivity contribution in [2.75, 3.05) is 5.32 Å². The second kappa shape index (κ2) is 7.08. The van der Waals surface area contributed by atoms with E-state index in [9.17, 15) is 28.1 Å². The van der Waals surface area contributed by atoms with Gasteiger partial charge in [0.1, 0.15) is 5.82 Å². The van der Waals surface area contributed by atoms with E-state index in [2.05, 4.69) is 10.4 Å². The highest BCUT2D eigenvalue weighted by molar-refractivity contribution is 7.14. The standard InChI is InChI=1S/C17H13F3N4O3S/c1-9-6-15(21-16(25)14-8-13(24(26)27)10(2)28-14)23(22-9)12-5-3-4-11(7-12)17(18,19)20/h3-8H,1-2H3,(H,21,25). The minimum atomic E-state index is -4.52. The highest BCUT2D eigenvalue weighted by Gasteiger charge is 2.31. The predicted molar refractivity (Wildman–Crippen MR) is 97.0 cm³/mol. The molecule has 7 nitrogen and oxygen atoms in total. The summed E-state index contributed by atoms with van der Waals surface area (Å²) in [6.45, 7) is 3.15. The lowest BCUT2D eigenvalue weighted by Gasteiger charge is -2.11. The van der Waals surface area contributed by atoms with E-state index in [1.165, 1.54) is 29.8 Å². The van der Waals surface area contributed by atoms with E-state index in [0.717, 1.165) is 29.5 Å². The number of hydrogen-bond acceptors (Lipinski definition) is 5. The summed E-state index contributed by atoms with van der Waals surface area (Å²) < 4.78 is 40.1.